The van der Waals surface area contributed by atoms with Gasteiger partial charge in [0.15, 0.2) is 0 Å². The van der Waals surface area contributed by atoms with Gasteiger partial charge in [-0.1, -0.05) is 0 Å². The second kappa shape index (κ2) is 11.5. The first kappa shape index (κ1) is 28.8. The van der Waals surface area contributed by atoms with Gasteiger partial charge in [0.2, 0.25) is 11.8 Å². The first-order valence-electron chi connectivity index (χ1n) is 13.0. The summed E-state index contributed by atoms with van der Waals surface area (Å²) in [6.07, 6.45) is -3.50. The molecule has 5 fully saturated rings. The second-order valence-corrected chi connectivity index (χ2v) is 11.6. The Bertz CT molecular complexity index is 819. The van der Waals surface area contributed by atoms with Gasteiger partial charge in [0, 0.05) is 18.5 Å². The van der Waals surface area contributed by atoms with Crippen LogP contribution in [0, 0.1) is 0 Å². The number of carbonyl (C=O) groups excluding carboxylic acids is 2. The van der Waals surface area contributed by atoms with Crippen molar-refractivity contribution in [1.82, 2.24) is 16.0 Å². The van der Waals surface area contributed by atoms with E-state index in [-0.39, 0.29) is 63.4 Å². The van der Waals surface area contributed by atoms with E-state index in [2.05, 4.69) is 16.0 Å². The first-order valence-corrected chi connectivity index (χ1v) is 13.4. The lowest BCUT2D eigenvalue weighted by molar-refractivity contribution is -0.166. The molecule has 4 saturated carbocycles. The van der Waals surface area contributed by atoms with Crippen LogP contribution < -0.4 is 16.0 Å². The maximum absolute atomic E-state index is 13.8. The molecule has 5 aliphatic rings. The molecular weight excluding hydrogens is 522 g/mol. The lowest BCUT2D eigenvalue weighted by Gasteiger charge is -2.56. The highest BCUT2D eigenvalue weighted by Gasteiger charge is 2.55. The predicted octanol–water partition coefficient (Wildman–Crippen LogP) is 2.25. The predicted molar refractivity (Wildman–Crippen MR) is 126 cm³/mol. The number of halogens is 5. The molecule has 6 atom stereocenters. The van der Waals surface area contributed by atoms with E-state index in [1.54, 1.807) is 0 Å². The Morgan fingerprint density at radius 3 is 2.16 bits per heavy atom. The van der Waals surface area contributed by atoms with Crippen molar-refractivity contribution in [1.29, 1.82) is 0 Å². The van der Waals surface area contributed by atoms with Gasteiger partial charge in [0.05, 0.1) is 29.2 Å². The minimum Gasteiger partial charge on any atom is -0.391 e. The van der Waals surface area contributed by atoms with Crippen molar-refractivity contribution in [3.05, 3.63) is 0 Å². The third-order valence-electron chi connectivity index (χ3n) is 8.42. The largest absolute Gasteiger partial charge is 0.403 e. The van der Waals surface area contributed by atoms with E-state index in [0.29, 0.717) is 38.5 Å². The van der Waals surface area contributed by atoms with E-state index < -0.39 is 47.1 Å². The molecule has 6 unspecified atom stereocenters. The number of rotatable bonds is 8. The Balaban J connectivity index is 1.18. The van der Waals surface area contributed by atoms with Gasteiger partial charge in [0.25, 0.3) is 0 Å². The highest BCUT2D eigenvalue weighted by Crippen LogP contribution is 2.47. The van der Waals surface area contributed by atoms with Crippen LogP contribution in [0.2, 0.25) is 0 Å². The smallest absolute Gasteiger partial charge is 0.391 e. The second-order valence-electron chi connectivity index (χ2n) is 11.0. The highest BCUT2D eigenvalue weighted by atomic mass is 35.5. The molecule has 0 radical (unpaired) electrons. The summed E-state index contributed by atoms with van der Waals surface area (Å²) in [7, 11) is 0. The van der Waals surface area contributed by atoms with Crippen molar-refractivity contribution >= 4 is 23.4 Å². The van der Waals surface area contributed by atoms with Gasteiger partial charge >= 0.3 is 6.18 Å². The summed E-state index contributed by atoms with van der Waals surface area (Å²) in [5.41, 5.74) is -1.42. The zero-order valence-corrected chi connectivity index (χ0v) is 21.4. The topological polar surface area (TPSA) is 109 Å². The SMILES string of the molecule is O=C(COC1CCC(C(F)(F)F)NC1)NC12CCC(NC(=O)COC3CCC(Cl)C(F)C3)(CC1)C(O)C2. The van der Waals surface area contributed by atoms with Crippen LogP contribution in [0.15, 0.2) is 0 Å². The van der Waals surface area contributed by atoms with Crippen LogP contribution in [-0.2, 0) is 19.1 Å². The maximum atomic E-state index is 13.8. The van der Waals surface area contributed by atoms with Crippen LogP contribution >= 0.6 is 11.6 Å². The third kappa shape index (κ3) is 7.06. The van der Waals surface area contributed by atoms with E-state index in [0.717, 1.165) is 0 Å². The molecule has 5 rings (SSSR count). The van der Waals surface area contributed by atoms with Crippen molar-refractivity contribution in [3.8, 4) is 0 Å². The van der Waals surface area contributed by atoms with Crippen LogP contribution in [0.1, 0.15) is 64.2 Å². The molecule has 2 bridgehead atoms. The van der Waals surface area contributed by atoms with Crippen LogP contribution in [0.4, 0.5) is 17.6 Å². The Labute approximate surface area is 218 Å². The zero-order chi connectivity index (χ0) is 26.8. The average Bonchev–Trinajstić information content (AvgIpc) is 2.84. The molecule has 1 aliphatic heterocycles. The lowest BCUT2D eigenvalue weighted by atomic mass is 9.60. The van der Waals surface area contributed by atoms with Gasteiger partial charge in [-0.25, -0.2) is 4.39 Å². The minimum atomic E-state index is -4.30. The lowest BCUT2D eigenvalue weighted by Crippen LogP contribution is -2.70. The Morgan fingerprint density at radius 2 is 1.59 bits per heavy atom. The van der Waals surface area contributed by atoms with Crippen molar-refractivity contribution < 1.29 is 41.7 Å². The Kier molecular flexibility index (Phi) is 8.94. The molecule has 8 nitrogen and oxygen atoms in total. The number of hydrogen-bond donors (Lipinski definition) is 4. The van der Waals surface area contributed by atoms with Crippen molar-refractivity contribution in [3.63, 3.8) is 0 Å². The quantitative estimate of drug-likeness (QED) is 0.269. The molecule has 0 aromatic carbocycles. The van der Waals surface area contributed by atoms with E-state index in [1.165, 1.54) is 0 Å². The van der Waals surface area contributed by atoms with Crippen LogP contribution in [0.5, 0.6) is 0 Å². The molecule has 1 saturated heterocycles. The van der Waals surface area contributed by atoms with Crippen molar-refractivity contribution in [2.24, 2.45) is 0 Å². The average molecular weight is 558 g/mol. The van der Waals surface area contributed by atoms with Crippen LogP contribution in [0.25, 0.3) is 0 Å². The summed E-state index contributed by atoms with van der Waals surface area (Å²) in [6.45, 7) is -0.473. The highest BCUT2D eigenvalue weighted by molar-refractivity contribution is 6.21. The number of carbonyl (C=O) groups is 2. The normalized spacial score (nSPS) is 40.3. The molecule has 0 spiro atoms. The summed E-state index contributed by atoms with van der Waals surface area (Å²) < 4.78 is 63.2. The molecule has 0 aromatic heterocycles. The van der Waals surface area contributed by atoms with Gasteiger partial charge in [-0.3, -0.25) is 9.59 Å². The number of nitrogens with one attached hydrogen (secondary N) is 3. The standard InChI is InChI=1S/C24H36ClF4N3O5/c25-16-3-1-14(9-17(16)26)36-13-21(35)32-23-7-5-22(6-8-23,10-19(23)33)31-20(34)12-37-15-2-4-18(30-11-15)24(27,28)29/h14-19,30,33H,1-13H2,(H,31,34)(H,32,35). The van der Waals surface area contributed by atoms with Crippen LogP contribution in [-0.4, -0.2) is 89.8 Å². The van der Waals surface area contributed by atoms with Crippen molar-refractivity contribution in [2.75, 3.05) is 19.8 Å². The number of amides is 2. The van der Waals surface area contributed by atoms with Gasteiger partial charge in [-0.15, -0.1) is 11.6 Å². The number of aliphatic hydroxyl groups excluding tert-OH is 1. The molecule has 2 amide bonds. The van der Waals surface area contributed by atoms with Gasteiger partial charge in [0.1, 0.15) is 25.4 Å². The number of aliphatic hydroxyl groups is 1. The molecule has 37 heavy (non-hydrogen) atoms. The zero-order valence-electron chi connectivity index (χ0n) is 20.6. The number of piperidine rings is 1. The fraction of sp³-hybridized carbons (Fsp3) is 0.917. The monoisotopic (exact) mass is 557 g/mol. The minimum absolute atomic E-state index is 0.0234. The number of alkyl halides is 5. The Hall–Kier alpha value is -1.21. The van der Waals surface area contributed by atoms with Gasteiger partial charge in [-0.2, -0.15) is 13.2 Å². The molecule has 4 aliphatic carbocycles. The van der Waals surface area contributed by atoms with Crippen LogP contribution in [0.3, 0.4) is 0 Å². The fourth-order valence-corrected chi connectivity index (χ4v) is 6.37. The summed E-state index contributed by atoms with van der Waals surface area (Å²) in [5.74, 6) is -0.752. The number of ether oxygens (including phenoxy) is 2. The van der Waals surface area contributed by atoms with Crippen molar-refractivity contribution in [2.45, 2.75) is 117 Å². The maximum Gasteiger partial charge on any atom is 0.403 e. The van der Waals surface area contributed by atoms with E-state index in [1.807, 2.05) is 0 Å². The van der Waals surface area contributed by atoms with E-state index in [4.69, 9.17) is 21.1 Å². The fourth-order valence-electron chi connectivity index (χ4n) is 6.14. The third-order valence-corrected chi connectivity index (χ3v) is 8.92. The molecular formula is C24H36ClF4N3O5. The van der Waals surface area contributed by atoms with E-state index in [9.17, 15) is 32.3 Å². The molecule has 212 valence electrons. The molecule has 0 aromatic rings. The molecule has 13 heteroatoms. The first-order chi connectivity index (χ1) is 17.4. The summed E-state index contributed by atoms with van der Waals surface area (Å²) in [4.78, 5) is 25.1. The van der Waals surface area contributed by atoms with Gasteiger partial charge < -0.3 is 30.5 Å². The number of fused-ring (bicyclic) bond motifs is 3. The number of hydrogen-bond acceptors (Lipinski definition) is 6. The summed E-state index contributed by atoms with van der Waals surface area (Å²) >= 11 is 5.89. The summed E-state index contributed by atoms with van der Waals surface area (Å²) in [6, 6.07) is -1.55. The molecule has 1 heterocycles. The molecule has 4 N–H and O–H groups in total. The van der Waals surface area contributed by atoms with E-state index >= 15 is 0 Å². The Morgan fingerprint density at radius 1 is 0.973 bits per heavy atom. The summed E-state index contributed by atoms with van der Waals surface area (Å²) in [5, 5.41) is 18.7. The van der Waals surface area contributed by atoms with Gasteiger partial charge in [-0.05, 0) is 57.8 Å².